The molecule has 1 aliphatic heterocycles. The van der Waals surface area contributed by atoms with E-state index in [9.17, 15) is 0 Å². The Morgan fingerprint density at radius 2 is 1.96 bits per heavy atom. The van der Waals surface area contributed by atoms with E-state index in [1.807, 2.05) is 25.2 Å². The van der Waals surface area contributed by atoms with Crippen molar-refractivity contribution in [2.75, 3.05) is 60.4 Å². The van der Waals surface area contributed by atoms with Crippen molar-refractivity contribution < 1.29 is 0 Å². The van der Waals surface area contributed by atoms with Gasteiger partial charge in [-0.15, -0.1) is 24.0 Å². The molecule has 26 heavy (non-hydrogen) atoms. The van der Waals surface area contributed by atoms with E-state index in [0.717, 1.165) is 30.5 Å². The van der Waals surface area contributed by atoms with Gasteiger partial charge in [-0.1, -0.05) is 23.7 Å². The molecule has 1 aromatic rings. The van der Waals surface area contributed by atoms with Gasteiger partial charge in [0.15, 0.2) is 5.96 Å². The highest BCUT2D eigenvalue weighted by molar-refractivity contribution is 14.0. The molecule has 1 aliphatic rings. The normalized spacial score (nSPS) is 16.2. The first-order valence-corrected chi connectivity index (χ1v) is 9.53. The Bertz CT molecular complexity index is 546. The number of unbranched alkanes of at least 4 members (excludes halogenated alkanes) is 1. The van der Waals surface area contributed by atoms with Gasteiger partial charge >= 0.3 is 0 Å². The Morgan fingerprint density at radius 3 is 2.62 bits per heavy atom. The fourth-order valence-corrected chi connectivity index (χ4v) is 3.31. The van der Waals surface area contributed by atoms with Crippen LogP contribution in [0, 0.1) is 0 Å². The second-order valence-electron chi connectivity index (χ2n) is 6.81. The predicted molar refractivity (Wildman–Crippen MR) is 123 cm³/mol. The van der Waals surface area contributed by atoms with Crippen molar-refractivity contribution in [2.45, 2.75) is 19.4 Å². The van der Waals surface area contributed by atoms with E-state index in [4.69, 9.17) is 11.6 Å². The summed E-state index contributed by atoms with van der Waals surface area (Å²) in [5.74, 6) is 0.930. The van der Waals surface area contributed by atoms with Crippen LogP contribution in [0.5, 0.6) is 0 Å². The molecular weight excluding hydrogens is 461 g/mol. The van der Waals surface area contributed by atoms with Crippen LogP contribution in [0.3, 0.4) is 0 Å². The predicted octanol–water partition coefficient (Wildman–Crippen LogP) is 2.99. The van der Waals surface area contributed by atoms with Gasteiger partial charge in [-0.05, 0) is 44.1 Å². The minimum Gasteiger partial charge on any atom is -0.356 e. The first kappa shape index (κ1) is 23.5. The molecule has 0 bridgehead atoms. The Morgan fingerprint density at radius 1 is 1.23 bits per heavy atom. The van der Waals surface area contributed by atoms with Crippen LogP contribution < -0.4 is 5.32 Å². The summed E-state index contributed by atoms with van der Waals surface area (Å²) in [5.41, 5.74) is 1.19. The number of halogens is 2. The molecule has 0 amide bonds. The number of aliphatic imine (C=N–C) groups is 1. The van der Waals surface area contributed by atoms with E-state index >= 15 is 0 Å². The van der Waals surface area contributed by atoms with Gasteiger partial charge in [0.1, 0.15) is 0 Å². The monoisotopic (exact) mass is 493 g/mol. The topological polar surface area (TPSA) is 34.1 Å². The van der Waals surface area contributed by atoms with Gasteiger partial charge in [0, 0.05) is 58.4 Å². The molecule has 0 unspecified atom stereocenters. The van der Waals surface area contributed by atoms with Crippen molar-refractivity contribution in [3.05, 3.63) is 34.9 Å². The molecule has 5 nitrogen and oxygen atoms in total. The lowest BCUT2D eigenvalue weighted by Crippen LogP contribution is -2.44. The van der Waals surface area contributed by atoms with Gasteiger partial charge in [-0.2, -0.15) is 0 Å². The van der Waals surface area contributed by atoms with Crippen LogP contribution in [-0.4, -0.2) is 81.1 Å². The van der Waals surface area contributed by atoms with Crippen LogP contribution in [0.4, 0.5) is 0 Å². The molecule has 0 aliphatic carbocycles. The van der Waals surface area contributed by atoms with Crippen molar-refractivity contribution in [2.24, 2.45) is 4.99 Å². The molecule has 0 spiro atoms. The van der Waals surface area contributed by atoms with E-state index < -0.39 is 0 Å². The number of rotatable bonds is 7. The lowest BCUT2D eigenvalue weighted by atomic mass is 10.2. The van der Waals surface area contributed by atoms with Gasteiger partial charge in [0.05, 0.1) is 0 Å². The molecule has 1 N–H and O–H groups in total. The van der Waals surface area contributed by atoms with Gasteiger partial charge in [-0.3, -0.25) is 4.99 Å². The quantitative estimate of drug-likeness (QED) is 0.274. The van der Waals surface area contributed by atoms with Crippen molar-refractivity contribution in [1.82, 2.24) is 20.0 Å². The van der Waals surface area contributed by atoms with Gasteiger partial charge in [-0.25, -0.2) is 0 Å². The van der Waals surface area contributed by atoms with Crippen LogP contribution in [-0.2, 0) is 6.54 Å². The third kappa shape index (κ3) is 8.41. The number of likely N-dealkylation sites (N-methyl/N-ethyl adjacent to an activating group) is 1. The Balaban J connectivity index is 0.00000338. The number of hydrogen-bond donors (Lipinski definition) is 1. The van der Waals surface area contributed by atoms with Crippen molar-refractivity contribution in [1.29, 1.82) is 0 Å². The summed E-state index contributed by atoms with van der Waals surface area (Å²) in [6.07, 6.45) is 2.39. The number of nitrogens with one attached hydrogen (secondary N) is 1. The van der Waals surface area contributed by atoms with Crippen LogP contribution >= 0.6 is 35.6 Å². The van der Waals surface area contributed by atoms with E-state index in [2.05, 4.69) is 45.2 Å². The molecule has 1 fully saturated rings. The SMILES string of the molecule is CN=C(NCCCCN1CCN(C)CC1)N(C)Cc1cccc(Cl)c1.I. The van der Waals surface area contributed by atoms with Crippen molar-refractivity contribution >= 4 is 41.5 Å². The van der Waals surface area contributed by atoms with Crippen molar-refractivity contribution in [3.8, 4) is 0 Å². The van der Waals surface area contributed by atoms with Crippen LogP contribution in [0.25, 0.3) is 0 Å². The highest BCUT2D eigenvalue weighted by atomic mass is 127. The Hall–Kier alpha value is -0.570. The van der Waals surface area contributed by atoms with Gasteiger partial charge < -0.3 is 20.0 Å². The molecular formula is C19H33ClIN5. The number of hydrogen-bond acceptors (Lipinski definition) is 3. The van der Waals surface area contributed by atoms with Crippen LogP contribution in [0.2, 0.25) is 5.02 Å². The summed E-state index contributed by atoms with van der Waals surface area (Å²) < 4.78 is 0. The summed E-state index contributed by atoms with van der Waals surface area (Å²) >= 11 is 6.06. The highest BCUT2D eigenvalue weighted by Gasteiger charge is 2.12. The summed E-state index contributed by atoms with van der Waals surface area (Å²) in [4.78, 5) is 11.5. The molecule has 148 valence electrons. The lowest BCUT2D eigenvalue weighted by molar-refractivity contribution is 0.152. The maximum Gasteiger partial charge on any atom is 0.193 e. The second-order valence-corrected chi connectivity index (χ2v) is 7.25. The zero-order valence-electron chi connectivity index (χ0n) is 16.2. The summed E-state index contributed by atoms with van der Waals surface area (Å²) in [6.45, 7) is 7.74. The van der Waals surface area contributed by atoms with Crippen LogP contribution in [0.15, 0.2) is 29.3 Å². The molecule has 1 saturated heterocycles. The zero-order valence-corrected chi connectivity index (χ0v) is 19.3. The Kier molecular flexibility index (Phi) is 11.5. The van der Waals surface area contributed by atoms with E-state index in [1.165, 1.54) is 44.7 Å². The molecule has 0 atom stereocenters. The van der Waals surface area contributed by atoms with Gasteiger partial charge in [0.25, 0.3) is 0 Å². The maximum atomic E-state index is 6.06. The van der Waals surface area contributed by atoms with E-state index in [0.29, 0.717) is 0 Å². The zero-order chi connectivity index (χ0) is 18.1. The fraction of sp³-hybridized carbons (Fsp3) is 0.632. The van der Waals surface area contributed by atoms with E-state index in [-0.39, 0.29) is 24.0 Å². The van der Waals surface area contributed by atoms with E-state index in [1.54, 1.807) is 0 Å². The highest BCUT2D eigenvalue weighted by Crippen LogP contribution is 2.12. The lowest BCUT2D eigenvalue weighted by Gasteiger charge is -2.32. The standard InChI is InChI=1S/C19H32ClN5.HI/c1-21-19(24(3)16-17-7-6-8-18(20)15-17)22-9-4-5-10-25-13-11-23(2)12-14-25;/h6-8,15H,4-5,9-14,16H2,1-3H3,(H,21,22);1H. The largest absolute Gasteiger partial charge is 0.356 e. The number of piperazine rings is 1. The molecule has 1 aromatic carbocycles. The summed E-state index contributed by atoms with van der Waals surface area (Å²) in [5, 5.41) is 4.24. The fourth-order valence-electron chi connectivity index (χ4n) is 3.10. The summed E-state index contributed by atoms with van der Waals surface area (Å²) in [7, 11) is 6.09. The number of nitrogens with zero attached hydrogens (tertiary/aromatic N) is 4. The molecule has 0 saturated carbocycles. The molecule has 1 heterocycles. The smallest absolute Gasteiger partial charge is 0.193 e. The first-order chi connectivity index (χ1) is 12.1. The third-order valence-corrected chi connectivity index (χ3v) is 4.90. The van der Waals surface area contributed by atoms with Gasteiger partial charge in [0.2, 0.25) is 0 Å². The molecule has 0 radical (unpaired) electrons. The number of benzene rings is 1. The first-order valence-electron chi connectivity index (χ1n) is 9.15. The maximum absolute atomic E-state index is 6.06. The average molecular weight is 494 g/mol. The molecule has 7 heteroatoms. The van der Waals surface area contributed by atoms with Crippen LogP contribution in [0.1, 0.15) is 18.4 Å². The number of guanidine groups is 1. The average Bonchev–Trinajstić information content (AvgIpc) is 2.59. The minimum atomic E-state index is 0. The minimum absolute atomic E-state index is 0. The molecule has 0 aromatic heterocycles. The third-order valence-electron chi connectivity index (χ3n) is 4.66. The Labute approximate surface area is 180 Å². The van der Waals surface area contributed by atoms with Crippen molar-refractivity contribution in [3.63, 3.8) is 0 Å². The second kappa shape index (κ2) is 12.8. The summed E-state index contributed by atoms with van der Waals surface area (Å²) in [6, 6.07) is 7.98. The molecule has 2 rings (SSSR count).